The molecule has 2 heterocycles. The van der Waals surface area contributed by atoms with Gasteiger partial charge in [0, 0.05) is 22.4 Å². The zero-order valence-corrected chi connectivity index (χ0v) is 37.8. The lowest BCUT2D eigenvalue weighted by molar-refractivity contribution is 0.278. The fourth-order valence-corrected chi connectivity index (χ4v) is 10.2. The highest BCUT2D eigenvalue weighted by Gasteiger charge is 2.24. The molecule has 0 aliphatic rings. The Morgan fingerprint density at radius 1 is 0.701 bits per heavy atom. The average Bonchev–Trinajstić information content (AvgIpc) is 3.84. The van der Waals surface area contributed by atoms with Gasteiger partial charge in [0.1, 0.15) is 32.6 Å². The second-order valence-corrected chi connectivity index (χ2v) is 20.6. The smallest absolute Gasteiger partial charge is 0.298 e. The summed E-state index contributed by atoms with van der Waals surface area (Å²) in [5.41, 5.74) is -1.01. The van der Waals surface area contributed by atoms with Crippen LogP contribution in [0.1, 0.15) is 17.5 Å². The Balaban J connectivity index is 1.20. The molecule has 0 atom stereocenters. The number of aryl methyl sites for hydroxylation is 1. The minimum Gasteiger partial charge on any atom is -0.505 e. The van der Waals surface area contributed by atoms with Crippen molar-refractivity contribution in [1.82, 2.24) is 14.8 Å². The molecule has 0 aliphatic carbocycles. The molecule has 0 bridgehead atoms. The first-order chi connectivity index (χ1) is 31.4. The lowest BCUT2D eigenvalue weighted by Gasteiger charge is -2.11. The van der Waals surface area contributed by atoms with Crippen LogP contribution in [0, 0.1) is 6.92 Å². The van der Waals surface area contributed by atoms with E-state index in [9.17, 15) is 66.9 Å². The Bertz CT molecular complexity index is 3740. The molecule has 0 amide bonds. The molecule has 25 nitrogen and oxygen atoms in total. The number of aromatic hydroxyl groups is 1. The van der Waals surface area contributed by atoms with E-state index in [1.165, 1.54) is 48.5 Å². The van der Waals surface area contributed by atoms with Gasteiger partial charge in [0.05, 0.1) is 51.7 Å². The van der Waals surface area contributed by atoms with Gasteiger partial charge in [-0.05, 0) is 73.5 Å². The van der Waals surface area contributed by atoms with Gasteiger partial charge in [-0.2, -0.15) is 33.7 Å². The number of azo groups is 3. The summed E-state index contributed by atoms with van der Waals surface area (Å²) in [6.45, 7) is 0.644. The number of H-pyrrole nitrogens is 1. The molecule has 0 spiro atoms. The number of ether oxygens (including phenoxy) is 1. The van der Waals surface area contributed by atoms with E-state index in [2.05, 4.69) is 40.8 Å². The number of hydrogen-bond acceptors (Lipinski definition) is 20. The minimum atomic E-state index is -5.10. The van der Waals surface area contributed by atoms with Crippen molar-refractivity contribution < 1.29 is 66.8 Å². The maximum absolute atomic E-state index is 13.0. The van der Waals surface area contributed by atoms with Crippen molar-refractivity contribution in [3.8, 4) is 17.2 Å². The van der Waals surface area contributed by atoms with Gasteiger partial charge in [0.25, 0.3) is 46.0 Å². The van der Waals surface area contributed by atoms with Gasteiger partial charge in [-0.25, -0.2) is 9.67 Å². The maximum atomic E-state index is 13.0. The molecule has 0 fully saturated rings. The van der Waals surface area contributed by atoms with E-state index in [1.54, 1.807) is 6.92 Å². The van der Waals surface area contributed by atoms with Gasteiger partial charge in [-0.1, -0.05) is 23.5 Å². The number of thiazole rings is 1. The number of fused-ring (bicyclic) bond motifs is 2. The predicted octanol–water partition coefficient (Wildman–Crippen LogP) is 7.08. The number of nitrogens with one attached hydrogen (secondary N) is 1. The molecule has 7 aromatic rings. The quantitative estimate of drug-likeness (QED) is 0.0289. The molecule has 350 valence electrons. The van der Waals surface area contributed by atoms with E-state index in [0.29, 0.717) is 5.56 Å². The molecule has 7 N–H and O–H groups in total. The van der Waals surface area contributed by atoms with Gasteiger partial charge in [-0.3, -0.25) is 28.1 Å². The normalized spacial score (nSPS) is 13.0. The van der Waals surface area contributed by atoms with Crippen LogP contribution in [-0.4, -0.2) is 89.2 Å². The molecule has 30 heteroatoms. The number of aliphatic hydroxyl groups excluding tert-OH is 1. The van der Waals surface area contributed by atoms with Gasteiger partial charge in [-0.15, -0.1) is 30.7 Å². The van der Waals surface area contributed by atoms with E-state index in [0.717, 1.165) is 46.5 Å². The van der Waals surface area contributed by atoms with Crippen molar-refractivity contribution in [2.75, 3.05) is 12.4 Å². The van der Waals surface area contributed by atoms with Crippen molar-refractivity contribution in [3.63, 3.8) is 0 Å². The number of aromatic amines is 1. The Hall–Kier alpha value is -6.74. The first-order valence-corrected chi connectivity index (χ1v) is 25.3. The summed E-state index contributed by atoms with van der Waals surface area (Å²) in [6.07, 6.45) is 0.945. The van der Waals surface area contributed by atoms with Crippen molar-refractivity contribution in [2.24, 2.45) is 30.7 Å². The van der Waals surface area contributed by atoms with Gasteiger partial charge in [0.15, 0.2) is 11.4 Å². The van der Waals surface area contributed by atoms with Crippen LogP contribution >= 0.6 is 11.3 Å². The molecule has 2 aromatic heterocycles. The topological polar surface area (TPSA) is 392 Å². The number of phenolic OH excluding ortho intramolecular Hbond substituents is 1. The van der Waals surface area contributed by atoms with Crippen LogP contribution in [0.5, 0.6) is 11.5 Å². The first-order valence-electron chi connectivity index (χ1n) is 18.6. The third-order valence-electron chi connectivity index (χ3n) is 9.35. The highest BCUT2D eigenvalue weighted by molar-refractivity contribution is 7.86. The number of benzene rings is 5. The van der Waals surface area contributed by atoms with Crippen LogP contribution in [0.25, 0.3) is 26.7 Å². The first kappa shape index (κ1) is 48.2. The number of phenols is 1. The van der Waals surface area contributed by atoms with E-state index >= 15 is 0 Å². The Morgan fingerprint density at radius 3 is 1.99 bits per heavy atom. The van der Waals surface area contributed by atoms with E-state index in [1.807, 2.05) is 0 Å². The summed E-state index contributed by atoms with van der Waals surface area (Å²) in [5.74, 6) is -1.30. The van der Waals surface area contributed by atoms with E-state index in [4.69, 9.17) is 4.74 Å². The monoisotopic (exact) mass is 1020 g/mol. The highest BCUT2D eigenvalue weighted by Crippen LogP contribution is 2.43. The van der Waals surface area contributed by atoms with E-state index in [-0.39, 0.29) is 78.9 Å². The molecule has 67 heavy (non-hydrogen) atoms. The molecular weight excluding hydrogens is 987 g/mol. The van der Waals surface area contributed by atoms with Crippen molar-refractivity contribution >= 4 is 106 Å². The highest BCUT2D eigenvalue weighted by atomic mass is 32.2. The summed E-state index contributed by atoms with van der Waals surface area (Å²) in [4.78, 5) is 15.5. The number of nitrogens with zero attached hydrogens (tertiary/aromatic N) is 8. The maximum Gasteiger partial charge on any atom is 0.298 e. The molecule has 0 radical (unpaired) electrons. The molecule has 0 saturated carbocycles. The van der Waals surface area contributed by atoms with Crippen LogP contribution in [0.2, 0.25) is 0 Å². The number of aromatic nitrogens is 3. The van der Waals surface area contributed by atoms with Crippen LogP contribution < -0.4 is 10.3 Å². The number of hydrogen-bond donors (Lipinski definition) is 7. The fraction of sp³-hybridized carbons (Fsp3) is 0.135. The zero-order chi connectivity index (χ0) is 48.6. The fourth-order valence-electron chi connectivity index (χ4n) is 6.31. The molecule has 0 aliphatic heterocycles. The number of rotatable bonds is 16. The summed E-state index contributed by atoms with van der Waals surface area (Å²) in [5, 5.41) is 47.3. The van der Waals surface area contributed by atoms with Crippen molar-refractivity contribution in [2.45, 2.75) is 34.6 Å². The Morgan fingerprint density at radius 2 is 1.33 bits per heavy atom. The summed E-state index contributed by atoms with van der Waals surface area (Å²) in [6, 6.07) is 14.7. The average molecular weight is 1020 g/mol. The third-order valence-corrected chi connectivity index (χ3v) is 14.1. The van der Waals surface area contributed by atoms with Crippen LogP contribution in [0.15, 0.2) is 129 Å². The van der Waals surface area contributed by atoms with Crippen LogP contribution in [-0.2, 0) is 47.1 Å². The Kier molecular flexibility index (Phi) is 13.3. The second kappa shape index (κ2) is 18.5. The number of aliphatic hydroxyl groups is 1. The van der Waals surface area contributed by atoms with Crippen LogP contribution in [0.3, 0.4) is 0 Å². The third kappa shape index (κ3) is 10.8. The predicted molar refractivity (Wildman–Crippen MR) is 237 cm³/mol. The van der Waals surface area contributed by atoms with Crippen molar-refractivity contribution in [1.29, 1.82) is 0 Å². The summed E-state index contributed by atoms with van der Waals surface area (Å²) < 4.78 is 140. The second-order valence-electron chi connectivity index (χ2n) is 13.9. The molecule has 0 unspecified atom stereocenters. The molecule has 0 saturated heterocycles. The van der Waals surface area contributed by atoms with Gasteiger partial charge < -0.3 is 14.9 Å². The van der Waals surface area contributed by atoms with E-state index < -0.39 is 84.5 Å². The minimum absolute atomic E-state index is 0.00504. The largest absolute Gasteiger partial charge is 0.505 e. The van der Waals surface area contributed by atoms with Crippen LogP contribution in [0.4, 0.5) is 33.6 Å². The Labute approximate surface area is 381 Å². The summed E-state index contributed by atoms with van der Waals surface area (Å²) in [7, 11) is -18.7. The lowest BCUT2D eigenvalue weighted by Crippen LogP contribution is -2.14. The SMILES string of the molecule is Cc1cc(N=Nc2ccc3c(S(=O)(=O)O)c(N=Nc4c[nH]n(-c5ccc(S(=O)(=O)O)cc5)c4=O)ccc3c2O)c(OCCCS(=O)(=O)O)cc1N=Nc1nc2ccc(CO)c(S(=O)(=O)O)c2s1. The van der Waals surface area contributed by atoms with Crippen molar-refractivity contribution in [3.05, 3.63) is 100 Å². The molecule has 5 aromatic carbocycles. The zero-order valence-electron chi connectivity index (χ0n) is 33.7. The van der Waals surface area contributed by atoms with Gasteiger partial charge >= 0.3 is 0 Å². The molecule has 7 rings (SSSR count). The lowest BCUT2D eigenvalue weighted by atomic mass is 10.1. The molecular formula is C37H31N9O16S5. The van der Waals surface area contributed by atoms with Gasteiger partial charge in [0.2, 0.25) is 5.13 Å². The summed E-state index contributed by atoms with van der Waals surface area (Å²) >= 11 is 0.765. The standard InChI is InChI=1S/C37H31N9O16S5/c1-19-15-29(31(62-13-2-14-64(50,51)52)16-28(19)42-45-37-39-26-10-3-20(18-47)34(33(26)63-37)66(56,57)58)43-40-25-11-9-24-23(32(25)48)8-12-27(35(24)67(59,60)61)41-44-30-17-38-46(36(30)49)21-4-6-22(7-5-21)65(53,54)55/h3-12,15-17,38,47-48H,2,13-14,18H2,1H3,(H,50,51,52)(H,53,54,55)(H,56,57,58)(H,59,60,61).